The second-order valence-corrected chi connectivity index (χ2v) is 13.2. The van der Waals surface area contributed by atoms with E-state index in [0.29, 0.717) is 5.82 Å². The molecular weight excluding hydrogens is 619 g/mol. The number of nitrogens with zero attached hydrogens (tertiary/aromatic N) is 3. The van der Waals surface area contributed by atoms with Crippen molar-refractivity contribution in [1.82, 2.24) is 15.0 Å². The number of aryl methyl sites for hydroxylation is 2. The fourth-order valence-electron chi connectivity index (χ4n) is 7.96. The van der Waals surface area contributed by atoms with Gasteiger partial charge in [0.1, 0.15) is 0 Å². The zero-order chi connectivity index (χ0) is 34.4. The van der Waals surface area contributed by atoms with E-state index in [9.17, 15) is 0 Å². The number of fused-ring (bicyclic) bond motifs is 3. The van der Waals surface area contributed by atoms with E-state index in [-0.39, 0.29) is 0 Å². The van der Waals surface area contributed by atoms with Gasteiger partial charge in [-0.15, -0.1) is 0 Å². The summed E-state index contributed by atoms with van der Waals surface area (Å²) in [6, 6.07) is 62.7. The summed E-state index contributed by atoms with van der Waals surface area (Å²) in [5.41, 5.74) is 16.1. The van der Waals surface area contributed by atoms with Crippen LogP contribution in [0.5, 0.6) is 0 Å². The third-order valence-electron chi connectivity index (χ3n) is 10.2. The molecule has 2 aromatic heterocycles. The summed E-state index contributed by atoms with van der Waals surface area (Å²) in [5.74, 6) is 0.706. The topological polar surface area (TPSA) is 38.7 Å². The van der Waals surface area contributed by atoms with Crippen molar-refractivity contribution >= 4 is 0 Å². The van der Waals surface area contributed by atoms with Gasteiger partial charge in [0.2, 0.25) is 0 Å². The Labute approximate surface area is 299 Å². The molecule has 6 aromatic carbocycles. The average molecular weight is 654 g/mol. The predicted molar refractivity (Wildman–Crippen MR) is 208 cm³/mol. The second kappa shape index (κ2) is 12.5. The molecule has 0 unspecified atom stereocenters. The smallest absolute Gasteiger partial charge is 0.161 e. The third-order valence-corrected chi connectivity index (χ3v) is 10.2. The molecule has 0 radical (unpaired) electrons. The lowest BCUT2D eigenvalue weighted by Gasteiger charge is -2.33. The molecule has 242 valence electrons. The summed E-state index contributed by atoms with van der Waals surface area (Å²) in [6.45, 7) is 4.10. The first-order chi connectivity index (χ1) is 25.1. The molecule has 0 amide bonds. The molecule has 3 nitrogen and oxygen atoms in total. The minimum absolute atomic E-state index is 0.497. The van der Waals surface area contributed by atoms with E-state index >= 15 is 0 Å². The van der Waals surface area contributed by atoms with Gasteiger partial charge in [-0.1, -0.05) is 164 Å². The number of hydrogen-bond acceptors (Lipinski definition) is 3. The zero-order valence-corrected chi connectivity index (χ0v) is 28.6. The average Bonchev–Trinajstić information content (AvgIpc) is 3.50. The molecule has 0 atom stereocenters. The fourth-order valence-corrected chi connectivity index (χ4v) is 7.96. The van der Waals surface area contributed by atoms with Gasteiger partial charge in [0.15, 0.2) is 5.82 Å². The lowest BCUT2D eigenvalue weighted by atomic mass is 9.67. The second-order valence-electron chi connectivity index (χ2n) is 13.2. The standard InChI is InChI=1S/C48H35N3/c1-32-25-30-39(33(2)49-32)34-26-28-36(29-27-34)45-31-44(35-15-6-3-7-16-35)50-47(51-45)41-22-14-24-43-46(41)40-21-12-13-23-42(40)48(43,37-17-8-4-9-18-37)38-19-10-5-11-20-38/h3-31H,1-2H3. The van der Waals surface area contributed by atoms with Crippen molar-refractivity contribution in [3.63, 3.8) is 0 Å². The molecule has 9 rings (SSSR count). The van der Waals surface area contributed by atoms with Crippen LogP contribution in [0.4, 0.5) is 0 Å². The van der Waals surface area contributed by atoms with Crippen molar-refractivity contribution in [3.8, 4) is 56.2 Å². The van der Waals surface area contributed by atoms with Crippen molar-refractivity contribution in [2.45, 2.75) is 19.3 Å². The van der Waals surface area contributed by atoms with E-state index in [2.05, 4.69) is 177 Å². The van der Waals surface area contributed by atoms with Gasteiger partial charge in [0.25, 0.3) is 0 Å². The van der Waals surface area contributed by atoms with Gasteiger partial charge in [0.05, 0.1) is 16.8 Å². The van der Waals surface area contributed by atoms with E-state index in [1.54, 1.807) is 0 Å². The minimum Gasteiger partial charge on any atom is -0.258 e. The molecule has 3 heteroatoms. The van der Waals surface area contributed by atoms with Crippen LogP contribution < -0.4 is 0 Å². The molecular formula is C48H35N3. The van der Waals surface area contributed by atoms with Crippen LogP contribution >= 0.6 is 0 Å². The normalized spacial score (nSPS) is 12.7. The first-order valence-corrected chi connectivity index (χ1v) is 17.5. The third kappa shape index (κ3) is 5.09. The molecule has 0 bridgehead atoms. The van der Waals surface area contributed by atoms with Crippen LogP contribution in [-0.2, 0) is 5.41 Å². The van der Waals surface area contributed by atoms with Gasteiger partial charge in [0, 0.05) is 33.6 Å². The summed E-state index contributed by atoms with van der Waals surface area (Å²) in [5, 5.41) is 0. The van der Waals surface area contributed by atoms with E-state index in [0.717, 1.165) is 50.6 Å². The van der Waals surface area contributed by atoms with Crippen LogP contribution in [0.15, 0.2) is 176 Å². The quantitative estimate of drug-likeness (QED) is 0.179. The van der Waals surface area contributed by atoms with Gasteiger partial charge in [-0.2, -0.15) is 0 Å². The predicted octanol–water partition coefficient (Wildman–Crippen LogP) is 11.5. The number of rotatable bonds is 6. The van der Waals surface area contributed by atoms with Crippen molar-refractivity contribution in [3.05, 3.63) is 210 Å². The molecule has 2 heterocycles. The Morgan fingerprint density at radius 2 is 0.922 bits per heavy atom. The molecule has 1 aliphatic carbocycles. The Bertz CT molecular complexity index is 2480. The van der Waals surface area contributed by atoms with Gasteiger partial charge in [-0.05, 0) is 64.9 Å². The first kappa shape index (κ1) is 30.6. The van der Waals surface area contributed by atoms with Crippen molar-refractivity contribution in [2.24, 2.45) is 0 Å². The van der Waals surface area contributed by atoms with Gasteiger partial charge in [-0.25, -0.2) is 9.97 Å². The first-order valence-electron chi connectivity index (χ1n) is 17.5. The molecule has 1 aliphatic rings. The van der Waals surface area contributed by atoms with E-state index in [4.69, 9.17) is 15.0 Å². The number of benzene rings is 6. The Morgan fingerprint density at radius 1 is 0.392 bits per heavy atom. The molecule has 0 saturated carbocycles. The van der Waals surface area contributed by atoms with Gasteiger partial charge >= 0.3 is 0 Å². The highest BCUT2D eigenvalue weighted by Crippen LogP contribution is 2.58. The summed E-state index contributed by atoms with van der Waals surface area (Å²) < 4.78 is 0. The maximum atomic E-state index is 5.35. The molecule has 8 aromatic rings. The molecule has 0 saturated heterocycles. The van der Waals surface area contributed by atoms with Crippen LogP contribution in [0.1, 0.15) is 33.6 Å². The fraction of sp³-hybridized carbons (Fsp3) is 0.0625. The molecule has 0 spiro atoms. The maximum Gasteiger partial charge on any atom is 0.161 e. The lowest BCUT2D eigenvalue weighted by Crippen LogP contribution is -2.28. The van der Waals surface area contributed by atoms with Gasteiger partial charge in [-0.3, -0.25) is 4.98 Å². The zero-order valence-electron chi connectivity index (χ0n) is 28.6. The van der Waals surface area contributed by atoms with Gasteiger partial charge < -0.3 is 0 Å². The summed E-state index contributed by atoms with van der Waals surface area (Å²) >= 11 is 0. The summed E-state index contributed by atoms with van der Waals surface area (Å²) in [6.07, 6.45) is 0. The van der Waals surface area contributed by atoms with Crippen molar-refractivity contribution < 1.29 is 0 Å². The monoisotopic (exact) mass is 653 g/mol. The SMILES string of the molecule is Cc1ccc(-c2ccc(-c3cc(-c4ccccc4)nc(-c4cccc5c4-c4ccccc4C5(c4ccccc4)c4ccccc4)n3)cc2)c(C)n1. The molecule has 0 N–H and O–H groups in total. The van der Waals surface area contributed by atoms with Crippen LogP contribution in [-0.4, -0.2) is 15.0 Å². The largest absolute Gasteiger partial charge is 0.258 e. The van der Waals surface area contributed by atoms with E-state index in [1.807, 2.05) is 13.0 Å². The number of aromatic nitrogens is 3. The highest BCUT2D eigenvalue weighted by molar-refractivity contribution is 5.94. The molecule has 0 fully saturated rings. The van der Waals surface area contributed by atoms with Crippen LogP contribution in [0.3, 0.4) is 0 Å². The van der Waals surface area contributed by atoms with E-state index < -0.39 is 5.41 Å². The highest BCUT2D eigenvalue weighted by atomic mass is 14.9. The maximum absolute atomic E-state index is 5.35. The van der Waals surface area contributed by atoms with Crippen molar-refractivity contribution in [1.29, 1.82) is 0 Å². The Morgan fingerprint density at radius 3 is 1.57 bits per heavy atom. The lowest BCUT2D eigenvalue weighted by molar-refractivity contribution is 0.768. The highest BCUT2D eigenvalue weighted by Gasteiger charge is 2.46. The summed E-state index contributed by atoms with van der Waals surface area (Å²) in [7, 11) is 0. The Hall–Kier alpha value is -6.45. The molecule has 0 aliphatic heterocycles. The van der Waals surface area contributed by atoms with E-state index in [1.165, 1.54) is 33.4 Å². The minimum atomic E-state index is -0.497. The molecule has 51 heavy (non-hydrogen) atoms. The van der Waals surface area contributed by atoms with Crippen LogP contribution in [0.25, 0.3) is 56.2 Å². The Kier molecular flexibility index (Phi) is 7.48. The van der Waals surface area contributed by atoms with Crippen molar-refractivity contribution in [2.75, 3.05) is 0 Å². The number of hydrogen-bond donors (Lipinski definition) is 0. The van der Waals surface area contributed by atoms with Crippen LogP contribution in [0, 0.1) is 13.8 Å². The summed E-state index contributed by atoms with van der Waals surface area (Å²) in [4.78, 5) is 15.4. The Balaban J connectivity index is 1.27. The van der Waals surface area contributed by atoms with Crippen LogP contribution in [0.2, 0.25) is 0 Å². The number of pyridine rings is 1.